The first-order chi connectivity index (χ1) is 12.0. The molecule has 0 heteroatoms. The second-order valence-corrected chi connectivity index (χ2v) is 10.5. The third-order valence-electron chi connectivity index (χ3n) is 13.1. The summed E-state index contributed by atoms with van der Waals surface area (Å²) in [7, 11) is 0. The number of hydrogen-bond donors (Lipinski definition) is 0. The predicted molar refractivity (Wildman–Crippen MR) is 106 cm³/mol. The van der Waals surface area contributed by atoms with E-state index in [2.05, 4.69) is 55.4 Å². The molecule has 0 amide bonds. The van der Waals surface area contributed by atoms with Gasteiger partial charge in [-0.1, -0.05) is 61.8 Å². The standard InChI is InChI=1S/C25H42/c1-9-17-25-22(14-6)19(11-3)18(10-2)20(22,12-4)24(25,16-8)21(18,13-5)23(19,25)15-7/h9-17H2,1-8H3. The molecule has 0 bridgehead atoms. The van der Waals surface area contributed by atoms with Gasteiger partial charge in [-0.05, 0) is 94.7 Å². The Hall–Kier alpha value is 0. The molecular weight excluding hydrogens is 300 g/mol. The highest BCUT2D eigenvalue weighted by Crippen LogP contribution is 3.36. The Kier molecular flexibility index (Phi) is 2.68. The summed E-state index contributed by atoms with van der Waals surface area (Å²) in [6.07, 6.45) is 13.2. The van der Waals surface area contributed by atoms with E-state index in [1.165, 1.54) is 57.8 Å². The van der Waals surface area contributed by atoms with E-state index in [0.29, 0.717) is 37.9 Å². The molecular formula is C25H42. The van der Waals surface area contributed by atoms with Gasteiger partial charge in [-0.25, -0.2) is 0 Å². The molecule has 0 spiro atoms. The first-order valence-electron chi connectivity index (χ1n) is 12.0. The molecule has 0 nitrogen and oxygen atoms in total. The van der Waals surface area contributed by atoms with Gasteiger partial charge >= 0.3 is 0 Å². The van der Waals surface area contributed by atoms with Gasteiger partial charge in [0.25, 0.3) is 0 Å². The summed E-state index contributed by atoms with van der Waals surface area (Å²) in [4.78, 5) is 0. The molecule has 0 saturated heterocycles. The van der Waals surface area contributed by atoms with Crippen molar-refractivity contribution in [2.24, 2.45) is 43.3 Å². The minimum Gasteiger partial charge on any atom is -0.0654 e. The summed E-state index contributed by atoms with van der Waals surface area (Å²) in [6, 6.07) is 0. The molecule has 6 aliphatic rings. The van der Waals surface area contributed by atoms with Gasteiger partial charge in [0.1, 0.15) is 0 Å². The summed E-state index contributed by atoms with van der Waals surface area (Å²) >= 11 is 0. The van der Waals surface area contributed by atoms with Crippen molar-refractivity contribution >= 4 is 0 Å². The van der Waals surface area contributed by atoms with Gasteiger partial charge in [0.05, 0.1) is 0 Å². The Morgan fingerprint density at radius 1 is 0.320 bits per heavy atom. The topological polar surface area (TPSA) is 0 Å². The van der Waals surface area contributed by atoms with Gasteiger partial charge in [0, 0.05) is 0 Å². The van der Waals surface area contributed by atoms with Crippen LogP contribution in [-0.2, 0) is 0 Å². The minimum atomic E-state index is 0.711. The van der Waals surface area contributed by atoms with Crippen molar-refractivity contribution in [3.8, 4) is 0 Å². The van der Waals surface area contributed by atoms with E-state index in [9.17, 15) is 0 Å². The van der Waals surface area contributed by atoms with Crippen LogP contribution < -0.4 is 0 Å². The summed E-state index contributed by atoms with van der Waals surface area (Å²) in [5.41, 5.74) is 5.71. The van der Waals surface area contributed by atoms with Crippen molar-refractivity contribution in [1.82, 2.24) is 0 Å². The molecule has 0 N–H and O–H groups in total. The molecule has 6 aliphatic carbocycles. The summed E-state index contributed by atoms with van der Waals surface area (Å²) < 4.78 is 0. The summed E-state index contributed by atoms with van der Waals surface area (Å²) in [6.45, 7) is 20.6. The van der Waals surface area contributed by atoms with Crippen LogP contribution in [0.2, 0.25) is 0 Å². The molecule has 0 aliphatic heterocycles. The molecule has 0 radical (unpaired) electrons. The monoisotopic (exact) mass is 342 g/mol. The van der Waals surface area contributed by atoms with E-state index in [4.69, 9.17) is 0 Å². The molecule has 6 saturated carbocycles. The quantitative estimate of drug-likeness (QED) is 0.404. The summed E-state index contributed by atoms with van der Waals surface area (Å²) in [5.74, 6) is 0. The Morgan fingerprint density at radius 3 is 0.680 bits per heavy atom. The first-order valence-corrected chi connectivity index (χ1v) is 12.0. The zero-order valence-corrected chi connectivity index (χ0v) is 18.4. The van der Waals surface area contributed by atoms with E-state index in [-0.39, 0.29) is 0 Å². The smallest absolute Gasteiger partial charge is 0.00940 e. The molecule has 0 aromatic rings. The van der Waals surface area contributed by atoms with E-state index < -0.39 is 0 Å². The minimum absolute atomic E-state index is 0.711. The van der Waals surface area contributed by atoms with Crippen LogP contribution in [-0.4, -0.2) is 0 Å². The largest absolute Gasteiger partial charge is 0.0654 e. The van der Waals surface area contributed by atoms with Gasteiger partial charge in [0.15, 0.2) is 0 Å². The van der Waals surface area contributed by atoms with E-state index in [0.717, 1.165) is 5.41 Å². The lowest BCUT2D eigenvalue weighted by Crippen LogP contribution is -3.31. The van der Waals surface area contributed by atoms with Crippen molar-refractivity contribution in [3.63, 3.8) is 0 Å². The van der Waals surface area contributed by atoms with Crippen LogP contribution in [0.25, 0.3) is 0 Å². The molecule has 0 unspecified atom stereocenters. The molecule has 0 heterocycles. The van der Waals surface area contributed by atoms with Gasteiger partial charge in [0.2, 0.25) is 0 Å². The third-order valence-corrected chi connectivity index (χ3v) is 13.1. The van der Waals surface area contributed by atoms with E-state index in [1.54, 1.807) is 0 Å². The predicted octanol–water partition coefficient (Wildman–Crippen LogP) is 7.62. The van der Waals surface area contributed by atoms with Gasteiger partial charge in [-0.2, -0.15) is 0 Å². The van der Waals surface area contributed by atoms with Crippen molar-refractivity contribution in [2.75, 3.05) is 0 Å². The fourth-order valence-corrected chi connectivity index (χ4v) is 15.7. The number of rotatable bonds is 9. The highest BCUT2D eigenvalue weighted by Gasteiger charge is 3.33. The lowest BCUT2D eigenvalue weighted by Gasteiger charge is -3.34. The van der Waals surface area contributed by atoms with Crippen LogP contribution in [0.15, 0.2) is 0 Å². The molecule has 142 valence electrons. The molecule has 6 rings (SSSR count). The maximum Gasteiger partial charge on any atom is -0.00940 e. The fraction of sp³-hybridized carbons (Fsp3) is 1.00. The van der Waals surface area contributed by atoms with Gasteiger partial charge < -0.3 is 0 Å². The second kappa shape index (κ2) is 3.91. The van der Waals surface area contributed by atoms with Crippen molar-refractivity contribution in [3.05, 3.63) is 0 Å². The Balaban J connectivity index is 1.87. The Labute approximate surface area is 156 Å². The summed E-state index contributed by atoms with van der Waals surface area (Å²) in [5, 5.41) is 0. The van der Waals surface area contributed by atoms with Crippen molar-refractivity contribution < 1.29 is 0 Å². The maximum absolute atomic E-state index is 2.59. The molecule has 0 atom stereocenters. The Bertz CT molecular complexity index is 555. The fourth-order valence-electron chi connectivity index (χ4n) is 15.7. The third kappa shape index (κ3) is 0.657. The van der Waals surface area contributed by atoms with Crippen LogP contribution in [0.3, 0.4) is 0 Å². The number of hydrogen-bond acceptors (Lipinski definition) is 0. The van der Waals surface area contributed by atoms with Crippen molar-refractivity contribution in [2.45, 2.75) is 113 Å². The van der Waals surface area contributed by atoms with Crippen LogP contribution in [0, 0.1) is 43.3 Å². The normalized spacial score (nSPS) is 66.7. The molecule has 0 aromatic carbocycles. The molecule has 6 fully saturated rings. The lowest BCUT2D eigenvalue weighted by atomic mass is 8.68. The average molecular weight is 343 g/mol. The zero-order valence-electron chi connectivity index (χ0n) is 18.4. The van der Waals surface area contributed by atoms with Crippen molar-refractivity contribution in [1.29, 1.82) is 0 Å². The van der Waals surface area contributed by atoms with Gasteiger partial charge in [-0.15, -0.1) is 0 Å². The van der Waals surface area contributed by atoms with Crippen LogP contribution in [0.4, 0.5) is 0 Å². The Morgan fingerprint density at radius 2 is 0.520 bits per heavy atom. The molecule has 0 aromatic heterocycles. The SMILES string of the molecule is CCCC12C3(CC)C4(CC)C5(CC)C3(CC)C1(CC)C5(CC)C42CC. The van der Waals surface area contributed by atoms with Crippen LogP contribution in [0.1, 0.15) is 113 Å². The van der Waals surface area contributed by atoms with E-state index >= 15 is 0 Å². The first kappa shape index (κ1) is 17.1. The lowest BCUT2D eigenvalue weighted by molar-refractivity contribution is -0.888. The highest BCUT2D eigenvalue weighted by atomic mass is 15.4. The second-order valence-electron chi connectivity index (χ2n) is 10.5. The zero-order chi connectivity index (χ0) is 18.4. The van der Waals surface area contributed by atoms with Gasteiger partial charge in [-0.3, -0.25) is 0 Å². The highest BCUT2D eigenvalue weighted by molar-refractivity contribution is 5.78. The van der Waals surface area contributed by atoms with Crippen LogP contribution >= 0.6 is 0 Å². The van der Waals surface area contributed by atoms with E-state index in [1.807, 2.05) is 0 Å². The average Bonchev–Trinajstić information content (AvgIpc) is 2.64. The van der Waals surface area contributed by atoms with Crippen LogP contribution in [0.5, 0.6) is 0 Å². The maximum atomic E-state index is 2.59. The molecule has 25 heavy (non-hydrogen) atoms.